The second-order valence-electron chi connectivity index (χ2n) is 5.27. The summed E-state index contributed by atoms with van der Waals surface area (Å²) in [6.07, 6.45) is 2.95. The molecule has 0 radical (unpaired) electrons. The van der Waals surface area contributed by atoms with E-state index in [1.54, 1.807) is 55.7 Å². The zero-order valence-corrected chi connectivity index (χ0v) is 15.6. The molecule has 0 heterocycles. The zero-order valence-electron chi connectivity index (χ0n) is 14.1. The number of halogens is 2. The Morgan fingerprint density at radius 2 is 1.73 bits per heavy atom. The fourth-order valence-corrected chi connectivity index (χ4v) is 2.43. The van der Waals surface area contributed by atoms with Gasteiger partial charge < -0.3 is 15.4 Å². The molecule has 0 atom stereocenters. The van der Waals surface area contributed by atoms with Crippen LogP contribution in [0.5, 0.6) is 5.75 Å². The molecule has 0 bridgehead atoms. The number of carbonyl (C=O) groups excluding carboxylic acids is 2. The molecule has 7 heteroatoms. The van der Waals surface area contributed by atoms with Crippen molar-refractivity contribution < 1.29 is 14.3 Å². The van der Waals surface area contributed by atoms with Crippen LogP contribution in [0.4, 0.5) is 0 Å². The van der Waals surface area contributed by atoms with Crippen LogP contribution in [0, 0.1) is 0 Å². The molecule has 0 aliphatic rings. The highest BCUT2D eigenvalue weighted by Gasteiger charge is 2.05. The van der Waals surface area contributed by atoms with Crippen LogP contribution in [0.2, 0.25) is 10.0 Å². The first-order valence-corrected chi connectivity index (χ1v) is 8.58. The van der Waals surface area contributed by atoms with Crippen molar-refractivity contribution in [1.82, 2.24) is 10.6 Å². The maximum Gasteiger partial charge on any atom is 0.251 e. The lowest BCUT2D eigenvalue weighted by Crippen LogP contribution is -2.33. The summed E-state index contributed by atoms with van der Waals surface area (Å²) < 4.78 is 5.04. The van der Waals surface area contributed by atoms with E-state index in [9.17, 15) is 9.59 Å². The molecule has 0 aliphatic carbocycles. The second kappa shape index (κ2) is 9.85. The Hall–Kier alpha value is -2.50. The van der Waals surface area contributed by atoms with Crippen molar-refractivity contribution in [3.8, 4) is 5.75 Å². The van der Waals surface area contributed by atoms with Crippen molar-refractivity contribution in [2.24, 2.45) is 0 Å². The molecule has 2 aromatic carbocycles. The molecule has 26 heavy (non-hydrogen) atoms. The molecule has 2 rings (SSSR count). The van der Waals surface area contributed by atoms with Crippen LogP contribution in [-0.4, -0.2) is 32.0 Å². The fourth-order valence-electron chi connectivity index (χ4n) is 2.07. The van der Waals surface area contributed by atoms with E-state index in [2.05, 4.69) is 10.6 Å². The van der Waals surface area contributed by atoms with Gasteiger partial charge in [-0.05, 0) is 54.1 Å². The average Bonchev–Trinajstić information content (AvgIpc) is 2.65. The topological polar surface area (TPSA) is 67.4 Å². The highest BCUT2D eigenvalue weighted by molar-refractivity contribution is 6.34. The molecular formula is C19H18Cl2N2O3. The molecule has 0 fully saturated rings. The Morgan fingerprint density at radius 3 is 2.42 bits per heavy atom. The Bertz CT molecular complexity index is 805. The molecule has 0 spiro atoms. The van der Waals surface area contributed by atoms with Gasteiger partial charge in [0, 0.05) is 34.8 Å². The van der Waals surface area contributed by atoms with Crippen LogP contribution in [0.3, 0.4) is 0 Å². The number of ether oxygens (including phenoxy) is 1. The van der Waals surface area contributed by atoms with E-state index in [-0.39, 0.29) is 11.8 Å². The number of hydrogen-bond acceptors (Lipinski definition) is 3. The van der Waals surface area contributed by atoms with Crippen LogP contribution < -0.4 is 15.4 Å². The van der Waals surface area contributed by atoms with Crippen LogP contribution in [0.25, 0.3) is 6.08 Å². The maximum atomic E-state index is 12.0. The minimum absolute atomic E-state index is 0.219. The summed E-state index contributed by atoms with van der Waals surface area (Å²) in [6, 6.07) is 11.8. The zero-order chi connectivity index (χ0) is 18.9. The van der Waals surface area contributed by atoms with E-state index >= 15 is 0 Å². The third-order valence-electron chi connectivity index (χ3n) is 3.43. The van der Waals surface area contributed by atoms with E-state index in [1.165, 1.54) is 6.08 Å². The van der Waals surface area contributed by atoms with Crippen molar-refractivity contribution in [2.45, 2.75) is 0 Å². The monoisotopic (exact) mass is 392 g/mol. The van der Waals surface area contributed by atoms with Gasteiger partial charge in [-0.25, -0.2) is 0 Å². The molecule has 136 valence electrons. The first-order valence-electron chi connectivity index (χ1n) is 7.83. The van der Waals surface area contributed by atoms with Crippen molar-refractivity contribution in [2.75, 3.05) is 20.2 Å². The largest absolute Gasteiger partial charge is 0.497 e. The van der Waals surface area contributed by atoms with Gasteiger partial charge in [0.1, 0.15) is 5.75 Å². The van der Waals surface area contributed by atoms with Crippen LogP contribution in [-0.2, 0) is 4.79 Å². The van der Waals surface area contributed by atoms with Crippen LogP contribution in [0.15, 0.2) is 48.5 Å². The van der Waals surface area contributed by atoms with Gasteiger partial charge in [-0.1, -0.05) is 23.2 Å². The predicted molar refractivity (Wildman–Crippen MR) is 104 cm³/mol. The molecular weight excluding hydrogens is 375 g/mol. The van der Waals surface area contributed by atoms with Crippen molar-refractivity contribution in [3.63, 3.8) is 0 Å². The lowest BCUT2D eigenvalue weighted by molar-refractivity contribution is -0.116. The van der Waals surface area contributed by atoms with Crippen molar-refractivity contribution in [3.05, 3.63) is 69.7 Å². The van der Waals surface area contributed by atoms with Gasteiger partial charge in [0.15, 0.2) is 0 Å². The van der Waals surface area contributed by atoms with Gasteiger partial charge in [0.05, 0.1) is 7.11 Å². The van der Waals surface area contributed by atoms with Crippen LogP contribution >= 0.6 is 23.2 Å². The first-order chi connectivity index (χ1) is 12.5. The highest BCUT2D eigenvalue weighted by atomic mass is 35.5. The molecule has 2 amide bonds. The van der Waals surface area contributed by atoms with E-state index in [0.717, 1.165) is 0 Å². The first kappa shape index (κ1) is 19.8. The van der Waals surface area contributed by atoms with E-state index < -0.39 is 0 Å². The van der Waals surface area contributed by atoms with E-state index in [0.29, 0.717) is 40.0 Å². The number of amides is 2. The Kier molecular flexibility index (Phi) is 7.51. The lowest BCUT2D eigenvalue weighted by atomic mass is 10.2. The standard InChI is InChI=1S/C19H18Cl2N2O3/c1-26-16-6-2-13(3-7-16)19(25)23-11-10-22-18(24)9-4-14-12-15(20)5-8-17(14)21/h2-9,12H,10-11H2,1H3,(H,22,24)(H,23,25)/b9-4+. The molecule has 5 nitrogen and oxygen atoms in total. The predicted octanol–water partition coefficient (Wildman–Crippen LogP) is 3.56. The minimum atomic E-state index is -0.292. The number of rotatable bonds is 7. The van der Waals surface area contributed by atoms with E-state index in [1.807, 2.05) is 0 Å². The molecule has 0 aromatic heterocycles. The van der Waals surface area contributed by atoms with Crippen LogP contribution in [0.1, 0.15) is 15.9 Å². The molecule has 0 unspecified atom stereocenters. The molecule has 2 aromatic rings. The second-order valence-corrected chi connectivity index (χ2v) is 6.12. The fraction of sp³-hybridized carbons (Fsp3) is 0.158. The van der Waals surface area contributed by atoms with Gasteiger partial charge >= 0.3 is 0 Å². The summed E-state index contributed by atoms with van der Waals surface area (Å²) in [7, 11) is 1.56. The Balaban J connectivity index is 1.74. The summed E-state index contributed by atoms with van der Waals surface area (Å²) in [4.78, 5) is 23.8. The number of nitrogens with one attached hydrogen (secondary N) is 2. The molecule has 2 N–H and O–H groups in total. The van der Waals surface area contributed by atoms with Crippen molar-refractivity contribution >= 4 is 41.1 Å². The summed E-state index contributed by atoms with van der Waals surface area (Å²) in [6.45, 7) is 0.608. The summed E-state index contributed by atoms with van der Waals surface area (Å²) in [5.41, 5.74) is 1.18. The quantitative estimate of drug-likeness (QED) is 0.559. The SMILES string of the molecule is COc1ccc(C(=O)NCCNC(=O)/C=C/c2cc(Cl)ccc2Cl)cc1. The number of benzene rings is 2. The summed E-state index contributed by atoms with van der Waals surface area (Å²) in [5.74, 6) is 0.170. The number of carbonyl (C=O) groups is 2. The maximum absolute atomic E-state index is 12.0. The van der Waals surface area contributed by atoms with Gasteiger partial charge in [0.25, 0.3) is 5.91 Å². The van der Waals surface area contributed by atoms with Gasteiger partial charge in [0.2, 0.25) is 5.91 Å². The minimum Gasteiger partial charge on any atom is -0.497 e. The van der Waals surface area contributed by atoms with Gasteiger partial charge in [-0.3, -0.25) is 9.59 Å². The van der Waals surface area contributed by atoms with Gasteiger partial charge in [-0.15, -0.1) is 0 Å². The van der Waals surface area contributed by atoms with Crippen molar-refractivity contribution in [1.29, 1.82) is 0 Å². The van der Waals surface area contributed by atoms with Gasteiger partial charge in [-0.2, -0.15) is 0 Å². The third-order valence-corrected chi connectivity index (χ3v) is 4.01. The summed E-state index contributed by atoms with van der Waals surface area (Å²) in [5, 5.41) is 6.44. The average molecular weight is 393 g/mol. The Morgan fingerprint density at radius 1 is 1.04 bits per heavy atom. The normalized spacial score (nSPS) is 10.6. The summed E-state index contributed by atoms with van der Waals surface area (Å²) >= 11 is 11.9. The lowest BCUT2D eigenvalue weighted by Gasteiger charge is -2.06. The number of hydrogen-bond donors (Lipinski definition) is 2. The smallest absolute Gasteiger partial charge is 0.251 e. The number of methoxy groups -OCH3 is 1. The molecule has 0 saturated heterocycles. The molecule has 0 aliphatic heterocycles. The highest BCUT2D eigenvalue weighted by Crippen LogP contribution is 2.21. The Labute approximate surface area is 161 Å². The third kappa shape index (κ3) is 6.10. The molecule has 0 saturated carbocycles. The van der Waals surface area contributed by atoms with E-state index in [4.69, 9.17) is 27.9 Å².